The van der Waals surface area contributed by atoms with Gasteiger partial charge < -0.3 is 0 Å². The lowest BCUT2D eigenvalue weighted by atomic mass is 10.1. The fourth-order valence-corrected chi connectivity index (χ4v) is 1.17. The third-order valence-electron chi connectivity index (χ3n) is 1.80. The molecule has 1 nitrogen and oxygen atoms in total. The Labute approximate surface area is 83.3 Å². The molecule has 0 aliphatic heterocycles. The highest BCUT2D eigenvalue weighted by Crippen LogP contribution is 2.23. The zero-order valence-electron chi connectivity index (χ0n) is 8.07. The quantitative estimate of drug-likeness (QED) is 0.663. The van der Waals surface area contributed by atoms with Crippen molar-refractivity contribution in [2.24, 2.45) is 0 Å². The van der Waals surface area contributed by atoms with Crippen LogP contribution in [0.4, 0.5) is 4.39 Å². The summed E-state index contributed by atoms with van der Waals surface area (Å²) in [6, 6.07) is 3.54. The Bertz CT molecular complexity index is 363. The van der Waals surface area contributed by atoms with Crippen LogP contribution in [0.25, 0.3) is 5.57 Å². The monoisotopic (exact) mass is 189 g/mol. The van der Waals surface area contributed by atoms with E-state index in [1.807, 2.05) is 0 Å². The largest absolute Gasteiger partial charge is 0.265 e. The number of allylic oxidation sites excluding steroid dienone is 5. The predicted octanol–water partition coefficient (Wildman–Crippen LogP) is 3.52. The van der Waals surface area contributed by atoms with E-state index in [4.69, 9.17) is 0 Å². The fourth-order valence-electron chi connectivity index (χ4n) is 1.17. The van der Waals surface area contributed by atoms with Crippen molar-refractivity contribution in [2.45, 2.75) is 6.92 Å². The third kappa shape index (κ3) is 2.39. The molecule has 0 spiro atoms. The first-order valence-electron chi connectivity index (χ1n) is 4.35. The van der Waals surface area contributed by atoms with Crippen LogP contribution in [0.3, 0.4) is 0 Å². The number of pyridine rings is 1. The molecule has 0 aliphatic rings. The Morgan fingerprint density at radius 3 is 2.57 bits per heavy atom. The Morgan fingerprint density at radius 2 is 2.07 bits per heavy atom. The van der Waals surface area contributed by atoms with Crippen LogP contribution in [0, 0.1) is 0 Å². The van der Waals surface area contributed by atoms with E-state index < -0.39 is 0 Å². The number of nitrogens with zero attached hydrogens (tertiary/aromatic N) is 1. The molecule has 72 valence electrons. The topological polar surface area (TPSA) is 12.9 Å². The molecule has 0 saturated heterocycles. The van der Waals surface area contributed by atoms with E-state index >= 15 is 0 Å². The summed E-state index contributed by atoms with van der Waals surface area (Å²) in [6.07, 6.45) is 7.78. The highest BCUT2D eigenvalue weighted by atomic mass is 19.1. The van der Waals surface area contributed by atoms with Gasteiger partial charge in [0.15, 0.2) is 0 Å². The van der Waals surface area contributed by atoms with Crippen molar-refractivity contribution in [3.05, 3.63) is 60.7 Å². The summed E-state index contributed by atoms with van der Waals surface area (Å²) >= 11 is 0. The first-order valence-corrected chi connectivity index (χ1v) is 4.35. The van der Waals surface area contributed by atoms with Crippen molar-refractivity contribution in [1.29, 1.82) is 0 Å². The molecule has 0 atom stereocenters. The Morgan fingerprint density at radius 1 is 1.43 bits per heavy atom. The number of hydrogen-bond acceptors (Lipinski definition) is 1. The molecule has 0 radical (unpaired) electrons. The molecule has 2 heteroatoms. The molecule has 0 aliphatic carbocycles. The van der Waals surface area contributed by atoms with Gasteiger partial charge in [0, 0.05) is 18.0 Å². The first-order chi connectivity index (χ1) is 6.79. The number of rotatable bonds is 3. The van der Waals surface area contributed by atoms with Gasteiger partial charge in [-0.2, -0.15) is 0 Å². The molecular weight excluding hydrogens is 177 g/mol. The van der Waals surface area contributed by atoms with Crippen molar-refractivity contribution >= 4 is 5.57 Å². The van der Waals surface area contributed by atoms with Gasteiger partial charge in [-0.05, 0) is 30.7 Å². The summed E-state index contributed by atoms with van der Waals surface area (Å²) in [7, 11) is 0. The van der Waals surface area contributed by atoms with Gasteiger partial charge in [0.2, 0.25) is 0 Å². The van der Waals surface area contributed by atoms with Crippen molar-refractivity contribution in [1.82, 2.24) is 4.98 Å². The maximum atomic E-state index is 13.5. The minimum Gasteiger partial charge on any atom is -0.265 e. The number of hydrogen-bond donors (Lipinski definition) is 0. The van der Waals surface area contributed by atoms with E-state index in [1.165, 1.54) is 12.2 Å². The summed E-state index contributed by atoms with van der Waals surface area (Å²) in [4.78, 5) is 3.88. The van der Waals surface area contributed by atoms with Crippen LogP contribution in [-0.4, -0.2) is 4.98 Å². The van der Waals surface area contributed by atoms with Gasteiger partial charge in [-0.1, -0.05) is 18.7 Å². The van der Waals surface area contributed by atoms with Crippen molar-refractivity contribution in [2.75, 3.05) is 0 Å². The predicted molar refractivity (Wildman–Crippen MR) is 57.3 cm³/mol. The van der Waals surface area contributed by atoms with Gasteiger partial charge in [0.25, 0.3) is 0 Å². The average molecular weight is 189 g/mol. The molecular formula is C12H12FN. The second-order valence-electron chi connectivity index (χ2n) is 2.69. The normalized spacial score (nSPS) is 12.7. The summed E-state index contributed by atoms with van der Waals surface area (Å²) in [5.41, 5.74) is 1.38. The summed E-state index contributed by atoms with van der Waals surface area (Å²) in [6.45, 7) is 5.25. The van der Waals surface area contributed by atoms with E-state index in [-0.39, 0.29) is 5.83 Å². The molecule has 1 heterocycles. The van der Waals surface area contributed by atoms with Crippen molar-refractivity contribution in [3.63, 3.8) is 0 Å². The third-order valence-corrected chi connectivity index (χ3v) is 1.80. The molecule has 1 rings (SSSR count). The fraction of sp³-hybridized carbons (Fsp3) is 0.0833. The molecule has 1 aromatic rings. The average Bonchev–Trinajstić information content (AvgIpc) is 2.21. The molecule has 0 aromatic carbocycles. The SMILES string of the molecule is C=C/C=C(F)\C(=C/C)c1ccncc1. The lowest BCUT2D eigenvalue weighted by Gasteiger charge is -2.03. The van der Waals surface area contributed by atoms with Crippen molar-refractivity contribution < 1.29 is 4.39 Å². The van der Waals surface area contributed by atoms with Crippen LogP contribution in [0.15, 0.2) is 55.2 Å². The molecule has 1 aromatic heterocycles. The van der Waals surface area contributed by atoms with Crippen LogP contribution in [-0.2, 0) is 0 Å². The van der Waals surface area contributed by atoms with Gasteiger partial charge >= 0.3 is 0 Å². The highest BCUT2D eigenvalue weighted by Gasteiger charge is 2.04. The summed E-state index contributed by atoms with van der Waals surface area (Å²) < 4.78 is 13.5. The lowest BCUT2D eigenvalue weighted by Crippen LogP contribution is -1.85. The maximum Gasteiger partial charge on any atom is 0.130 e. The van der Waals surface area contributed by atoms with Gasteiger partial charge in [0.1, 0.15) is 5.83 Å². The van der Waals surface area contributed by atoms with Crippen LogP contribution >= 0.6 is 0 Å². The summed E-state index contributed by atoms with van der Waals surface area (Å²) in [5, 5.41) is 0. The van der Waals surface area contributed by atoms with Crippen LogP contribution in [0.1, 0.15) is 12.5 Å². The Hall–Kier alpha value is -1.70. The minimum atomic E-state index is -0.284. The van der Waals surface area contributed by atoms with E-state index in [1.54, 1.807) is 37.5 Å². The molecule has 0 N–H and O–H groups in total. The molecule has 0 unspecified atom stereocenters. The highest BCUT2D eigenvalue weighted by molar-refractivity contribution is 5.76. The van der Waals surface area contributed by atoms with Crippen LogP contribution in [0.2, 0.25) is 0 Å². The second kappa shape index (κ2) is 5.12. The number of halogens is 1. The van der Waals surface area contributed by atoms with Crippen LogP contribution in [0.5, 0.6) is 0 Å². The van der Waals surface area contributed by atoms with Crippen LogP contribution < -0.4 is 0 Å². The number of aromatic nitrogens is 1. The minimum absolute atomic E-state index is 0.284. The van der Waals surface area contributed by atoms with Crippen molar-refractivity contribution in [3.8, 4) is 0 Å². The van der Waals surface area contributed by atoms with E-state index in [0.717, 1.165) is 5.56 Å². The second-order valence-corrected chi connectivity index (χ2v) is 2.69. The molecule has 0 bridgehead atoms. The standard InChI is InChI=1S/C12H12FN/c1-3-5-12(13)11(4-2)10-6-8-14-9-7-10/h3-9H,1H2,2H3/b11-4-,12-5+. The van der Waals surface area contributed by atoms with Gasteiger partial charge in [-0.3, -0.25) is 4.98 Å². The van der Waals surface area contributed by atoms with E-state index in [9.17, 15) is 4.39 Å². The zero-order chi connectivity index (χ0) is 10.4. The van der Waals surface area contributed by atoms with Gasteiger partial charge in [-0.15, -0.1) is 0 Å². The van der Waals surface area contributed by atoms with E-state index in [2.05, 4.69) is 11.6 Å². The zero-order valence-corrected chi connectivity index (χ0v) is 8.07. The maximum absolute atomic E-state index is 13.5. The first kappa shape index (κ1) is 10.4. The van der Waals surface area contributed by atoms with Gasteiger partial charge in [0.05, 0.1) is 0 Å². The Kier molecular flexibility index (Phi) is 3.80. The molecule has 0 amide bonds. The Balaban J connectivity index is 3.07. The summed E-state index contributed by atoms with van der Waals surface area (Å²) in [5.74, 6) is -0.284. The van der Waals surface area contributed by atoms with E-state index in [0.29, 0.717) is 5.57 Å². The smallest absolute Gasteiger partial charge is 0.130 e. The lowest BCUT2D eigenvalue weighted by molar-refractivity contribution is 0.674. The molecule has 14 heavy (non-hydrogen) atoms. The van der Waals surface area contributed by atoms with Gasteiger partial charge in [-0.25, -0.2) is 4.39 Å². The molecule has 0 fully saturated rings. The molecule has 0 saturated carbocycles.